The molecule has 3 rings (SSSR count). The van der Waals surface area contributed by atoms with E-state index in [1.807, 2.05) is 0 Å². The van der Waals surface area contributed by atoms with Gasteiger partial charge in [-0.05, 0) is 24.3 Å². The third kappa shape index (κ3) is 3.32. The molecule has 0 spiro atoms. The number of imidazole rings is 1. The topological polar surface area (TPSA) is 56.7 Å². The van der Waals surface area contributed by atoms with Gasteiger partial charge in [-0.1, -0.05) is 23.2 Å². The number of halogens is 5. The third-order valence-corrected chi connectivity index (χ3v) is 3.73. The van der Waals surface area contributed by atoms with Crippen molar-refractivity contribution in [2.24, 2.45) is 0 Å². The van der Waals surface area contributed by atoms with Gasteiger partial charge in [-0.25, -0.2) is 4.98 Å². The molecule has 10 heteroatoms. The maximum Gasteiger partial charge on any atom is 0.416 e. The summed E-state index contributed by atoms with van der Waals surface area (Å²) in [6.07, 6.45) is -2.98. The summed E-state index contributed by atoms with van der Waals surface area (Å²) in [5.74, 6) is 0.326. The Morgan fingerprint density at radius 3 is 2.35 bits per heavy atom. The second-order valence-corrected chi connectivity index (χ2v) is 5.25. The van der Waals surface area contributed by atoms with Crippen molar-refractivity contribution in [1.29, 1.82) is 0 Å². The Balaban J connectivity index is 1.80. The van der Waals surface area contributed by atoms with Gasteiger partial charge >= 0.3 is 6.18 Å². The van der Waals surface area contributed by atoms with Crippen LogP contribution in [-0.4, -0.2) is 19.7 Å². The second-order valence-electron chi connectivity index (χ2n) is 4.53. The van der Waals surface area contributed by atoms with Crippen LogP contribution in [0.2, 0.25) is 10.3 Å². The molecule has 120 valence electrons. The molecular weight excluding hydrogens is 356 g/mol. The van der Waals surface area contributed by atoms with Gasteiger partial charge in [0, 0.05) is 5.56 Å². The van der Waals surface area contributed by atoms with Crippen LogP contribution in [0.4, 0.5) is 13.2 Å². The van der Waals surface area contributed by atoms with Crippen LogP contribution in [0.5, 0.6) is 0 Å². The van der Waals surface area contributed by atoms with E-state index in [1.54, 1.807) is 0 Å². The lowest BCUT2D eigenvalue weighted by molar-refractivity contribution is -0.137. The molecule has 0 saturated carbocycles. The summed E-state index contributed by atoms with van der Waals surface area (Å²) in [5.41, 5.74) is -0.368. The van der Waals surface area contributed by atoms with Gasteiger partial charge in [0.1, 0.15) is 11.7 Å². The van der Waals surface area contributed by atoms with Crippen LogP contribution in [0.3, 0.4) is 0 Å². The Labute approximate surface area is 137 Å². The van der Waals surface area contributed by atoms with Crippen molar-refractivity contribution >= 4 is 23.2 Å². The number of hydrogen-bond donors (Lipinski definition) is 0. The van der Waals surface area contributed by atoms with Crippen molar-refractivity contribution in [3.05, 3.63) is 52.4 Å². The molecule has 0 aliphatic carbocycles. The number of alkyl halides is 3. The van der Waals surface area contributed by atoms with Crippen LogP contribution < -0.4 is 0 Å². The highest BCUT2D eigenvalue weighted by atomic mass is 35.5. The zero-order valence-electron chi connectivity index (χ0n) is 11.2. The van der Waals surface area contributed by atoms with Crippen LogP contribution in [0.15, 0.2) is 35.0 Å². The molecule has 0 aliphatic heterocycles. The maximum absolute atomic E-state index is 12.5. The highest BCUT2D eigenvalue weighted by Crippen LogP contribution is 2.30. The average Bonchev–Trinajstić information content (AvgIpc) is 3.09. The van der Waals surface area contributed by atoms with Crippen LogP contribution in [0.1, 0.15) is 11.5 Å². The van der Waals surface area contributed by atoms with Crippen molar-refractivity contribution < 1.29 is 17.6 Å². The Morgan fingerprint density at radius 2 is 1.78 bits per heavy atom. The largest absolute Gasteiger partial charge is 0.419 e. The summed E-state index contributed by atoms with van der Waals surface area (Å²) in [6, 6.07) is 4.43. The summed E-state index contributed by atoms with van der Waals surface area (Å²) >= 11 is 11.6. The summed E-state index contributed by atoms with van der Waals surface area (Å²) in [6.45, 7) is 0.145. The van der Waals surface area contributed by atoms with Crippen LogP contribution >= 0.6 is 23.2 Å². The Hall–Kier alpha value is -2.06. The number of hydrogen-bond acceptors (Lipinski definition) is 4. The molecule has 3 aromatic rings. The molecule has 0 fully saturated rings. The molecule has 2 aromatic heterocycles. The maximum atomic E-state index is 12.5. The first-order valence-corrected chi connectivity index (χ1v) is 6.96. The molecule has 23 heavy (non-hydrogen) atoms. The zero-order chi connectivity index (χ0) is 16.6. The molecule has 0 amide bonds. The van der Waals surface area contributed by atoms with Gasteiger partial charge in [-0.15, -0.1) is 10.2 Å². The van der Waals surface area contributed by atoms with Crippen LogP contribution in [-0.2, 0) is 12.7 Å². The Bertz CT molecular complexity index is 827. The first-order valence-electron chi connectivity index (χ1n) is 6.21. The standard InChI is InChI=1S/C13H7Cl2F3N4O/c14-10-11(15)22(6-19-10)5-9-20-21-12(23-9)7-1-3-8(4-2-7)13(16,17)18/h1-4,6H,5H2. The zero-order valence-corrected chi connectivity index (χ0v) is 12.7. The van der Waals surface area contributed by atoms with Gasteiger partial charge in [-0.3, -0.25) is 0 Å². The number of rotatable bonds is 3. The summed E-state index contributed by atoms with van der Waals surface area (Å²) in [5, 5.41) is 7.99. The van der Waals surface area contributed by atoms with E-state index < -0.39 is 11.7 Å². The van der Waals surface area contributed by atoms with E-state index in [2.05, 4.69) is 15.2 Å². The molecule has 1 aromatic carbocycles. The second kappa shape index (κ2) is 5.86. The van der Waals surface area contributed by atoms with Gasteiger partial charge in [0.05, 0.1) is 11.9 Å². The number of nitrogens with zero attached hydrogens (tertiary/aromatic N) is 4. The third-order valence-electron chi connectivity index (χ3n) is 2.96. The predicted octanol–water partition coefficient (Wildman–Crippen LogP) is 4.31. The predicted molar refractivity (Wildman–Crippen MR) is 76.1 cm³/mol. The van der Waals surface area contributed by atoms with E-state index >= 15 is 0 Å². The lowest BCUT2D eigenvalue weighted by Crippen LogP contribution is -2.03. The highest BCUT2D eigenvalue weighted by molar-refractivity contribution is 6.40. The lowest BCUT2D eigenvalue weighted by atomic mass is 10.1. The SMILES string of the molecule is FC(F)(F)c1ccc(-c2nnc(Cn3cnc(Cl)c3Cl)o2)cc1. The van der Waals surface area contributed by atoms with Crippen molar-refractivity contribution in [2.75, 3.05) is 0 Å². The van der Waals surface area contributed by atoms with E-state index in [-0.39, 0.29) is 28.6 Å². The first kappa shape index (κ1) is 15.8. The molecule has 0 saturated heterocycles. The molecule has 5 nitrogen and oxygen atoms in total. The summed E-state index contributed by atoms with van der Waals surface area (Å²) < 4.78 is 44.5. The summed E-state index contributed by atoms with van der Waals surface area (Å²) in [4.78, 5) is 3.81. The molecule has 0 atom stereocenters. The minimum atomic E-state index is -4.39. The van der Waals surface area contributed by atoms with E-state index in [1.165, 1.54) is 23.0 Å². The van der Waals surface area contributed by atoms with Crippen molar-refractivity contribution in [1.82, 2.24) is 19.7 Å². The fourth-order valence-corrected chi connectivity index (χ4v) is 2.14. The average molecular weight is 363 g/mol. The van der Waals surface area contributed by atoms with Gasteiger partial charge in [0.15, 0.2) is 5.15 Å². The summed E-state index contributed by atoms with van der Waals surface area (Å²) in [7, 11) is 0. The molecule has 2 heterocycles. The molecule has 0 unspecified atom stereocenters. The number of benzene rings is 1. The minimum absolute atomic E-state index is 0.107. The van der Waals surface area contributed by atoms with Gasteiger partial charge in [-0.2, -0.15) is 13.2 Å². The van der Waals surface area contributed by atoms with E-state index in [4.69, 9.17) is 27.6 Å². The monoisotopic (exact) mass is 362 g/mol. The fourth-order valence-electron chi connectivity index (χ4n) is 1.83. The molecule has 0 bridgehead atoms. The Morgan fingerprint density at radius 1 is 1.09 bits per heavy atom. The number of aromatic nitrogens is 4. The normalized spacial score (nSPS) is 11.9. The van der Waals surface area contributed by atoms with Crippen molar-refractivity contribution in [3.63, 3.8) is 0 Å². The molecular formula is C13H7Cl2F3N4O. The van der Waals surface area contributed by atoms with Crippen molar-refractivity contribution in [3.8, 4) is 11.5 Å². The quantitative estimate of drug-likeness (QED) is 0.696. The van der Waals surface area contributed by atoms with Crippen LogP contribution in [0.25, 0.3) is 11.5 Å². The van der Waals surface area contributed by atoms with Gasteiger partial charge in [0.25, 0.3) is 0 Å². The highest BCUT2D eigenvalue weighted by Gasteiger charge is 2.30. The van der Waals surface area contributed by atoms with Gasteiger partial charge in [0.2, 0.25) is 11.8 Å². The van der Waals surface area contributed by atoms with E-state index in [0.29, 0.717) is 5.56 Å². The molecule has 0 radical (unpaired) electrons. The lowest BCUT2D eigenvalue weighted by Gasteiger charge is -2.05. The first-order chi connectivity index (χ1) is 10.8. The Kier molecular flexibility index (Phi) is 4.03. The van der Waals surface area contributed by atoms with E-state index in [0.717, 1.165) is 12.1 Å². The molecule has 0 N–H and O–H groups in total. The fraction of sp³-hybridized carbons (Fsp3) is 0.154. The minimum Gasteiger partial charge on any atom is -0.419 e. The smallest absolute Gasteiger partial charge is 0.416 e. The van der Waals surface area contributed by atoms with Crippen molar-refractivity contribution in [2.45, 2.75) is 12.7 Å². The van der Waals surface area contributed by atoms with Crippen LogP contribution in [0, 0.1) is 0 Å². The van der Waals surface area contributed by atoms with E-state index in [9.17, 15) is 13.2 Å². The van der Waals surface area contributed by atoms with Gasteiger partial charge < -0.3 is 8.98 Å². The molecule has 0 aliphatic rings.